The van der Waals surface area contributed by atoms with Crippen molar-refractivity contribution in [2.45, 2.75) is 13.1 Å². The summed E-state index contributed by atoms with van der Waals surface area (Å²) >= 11 is 0. The maximum Gasteiger partial charge on any atom is 0.126 e. The molecule has 0 saturated heterocycles. The quantitative estimate of drug-likeness (QED) is 0.627. The zero-order valence-corrected chi connectivity index (χ0v) is 15.4. The maximum absolute atomic E-state index is 13.4. The van der Waals surface area contributed by atoms with E-state index in [1.807, 2.05) is 48.4 Å². The van der Waals surface area contributed by atoms with Crippen LogP contribution < -0.4 is 4.90 Å². The Hall–Kier alpha value is -3.34. The number of hydrogen-bond donors (Lipinski definition) is 0. The van der Waals surface area contributed by atoms with Crippen molar-refractivity contribution in [1.29, 1.82) is 0 Å². The zero-order chi connectivity index (χ0) is 19.5. The predicted molar refractivity (Wildman–Crippen MR) is 108 cm³/mol. The average molecular weight is 375 g/mol. The van der Waals surface area contributed by atoms with Crippen molar-refractivity contribution >= 4 is 17.5 Å². The minimum Gasteiger partial charge on any atom is -0.370 e. The number of hydrogen-bond acceptors (Lipinski definition) is 3. The third-order valence-corrected chi connectivity index (χ3v) is 4.67. The molecule has 5 heteroatoms. The molecule has 140 valence electrons. The fraction of sp³-hybridized carbons (Fsp3) is 0.130. The normalized spacial score (nSPS) is 12.9. The molecule has 0 radical (unpaired) electrons. The van der Waals surface area contributed by atoms with Crippen molar-refractivity contribution in [3.63, 3.8) is 0 Å². The lowest BCUT2D eigenvalue weighted by Gasteiger charge is -2.20. The molecule has 0 N–H and O–H groups in total. The monoisotopic (exact) mass is 375 g/mol. The largest absolute Gasteiger partial charge is 0.370 e. The van der Waals surface area contributed by atoms with Gasteiger partial charge in [-0.2, -0.15) is 0 Å². The number of nitrogens with zero attached hydrogens (tertiary/aromatic N) is 3. The number of fused-ring (bicyclic) bond motifs is 1. The van der Waals surface area contributed by atoms with E-state index in [4.69, 9.17) is 0 Å². The molecular weight excluding hydrogens is 356 g/mol. The van der Waals surface area contributed by atoms with E-state index >= 15 is 0 Å². The summed E-state index contributed by atoms with van der Waals surface area (Å²) in [6.45, 7) is 1.06. The number of pyridine rings is 1. The number of aliphatic imine (C=N–C) groups is 1. The second-order valence-electron chi connectivity index (χ2n) is 6.76. The lowest BCUT2D eigenvalue weighted by atomic mass is 10.0. The summed E-state index contributed by atoms with van der Waals surface area (Å²) in [4.78, 5) is 10.9. The lowest BCUT2D eigenvalue weighted by Crippen LogP contribution is -2.17. The van der Waals surface area contributed by atoms with Gasteiger partial charge in [0.25, 0.3) is 0 Å². The molecule has 3 aromatic rings. The minimum atomic E-state index is -0.563. The molecule has 4 rings (SSSR count). The first-order chi connectivity index (χ1) is 13.6. The van der Waals surface area contributed by atoms with Gasteiger partial charge in [-0.3, -0.25) is 9.98 Å². The Balaban J connectivity index is 1.55. The van der Waals surface area contributed by atoms with Gasteiger partial charge in [-0.05, 0) is 59.7 Å². The van der Waals surface area contributed by atoms with Gasteiger partial charge in [0, 0.05) is 37.1 Å². The summed E-state index contributed by atoms with van der Waals surface area (Å²) in [5.41, 5.74) is 5.57. The number of rotatable bonds is 5. The molecule has 0 bridgehead atoms. The van der Waals surface area contributed by atoms with E-state index in [0.29, 0.717) is 18.7 Å². The van der Waals surface area contributed by atoms with Gasteiger partial charge in [-0.15, -0.1) is 0 Å². The molecule has 0 aliphatic carbocycles. The van der Waals surface area contributed by atoms with Gasteiger partial charge < -0.3 is 4.90 Å². The van der Waals surface area contributed by atoms with Crippen LogP contribution in [-0.2, 0) is 13.1 Å². The molecule has 0 atom stereocenters. The van der Waals surface area contributed by atoms with Crippen LogP contribution in [0.5, 0.6) is 0 Å². The van der Waals surface area contributed by atoms with Crippen LogP contribution in [0.3, 0.4) is 0 Å². The Morgan fingerprint density at radius 1 is 1.00 bits per heavy atom. The minimum absolute atomic E-state index is 0.406. The van der Waals surface area contributed by atoms with Gasteiger partial charge in [0.15, 0.2) is 0 Å². The van der Waals surface area contributed by atoms with Gasteiger partial charge in [-0.25, -0.2) is 8.78 Å². The second-order valence-corrected chi connectivity index (χ2v) is 6.76. The van der Waals surface area contributed by atoms with E-state index in [9.17, 15) is 8.78 Å². The van der Waals surface area contributed by atoms with E-state index in [-0.39, 0.29) is 0 Å². The van der Waals surface area contributed by atoms with Gasteiger partial charge in [0.1, 0.15) is 11.6 Å². The SMILES string of the molecule is CN(Cc1cc(F)cc(F)c1)c1ccc2c(c1)C(/C=C/c1ccccn1)=NC2. The first-order valence-corrected chi connectivity index (χ1v) is 9.01. The van der Waals surface area contributed by atoms with Crippen LogP contribution >= 0.6 is 0 Å². The second kappa shape index (κ2) is 7.72. The molecule has 0 amide bonds. The van der Waals surface area contributed by atoms with Gasteiger partial charge in [-0.1, -0.05) is 12.1 Å². The van der Waals surface area contributed by atoms with Crippen molar-refractivity contribution < 1.29 is 8.78 Å². The molecule has 28 heavy (non-hydrogen) atoms. The number of aromatic nitrogens is 1. The smallest absolute Gasteiger partial charge is 0.126 e. The van der Waals surface area contributed by atoms with Crippen molar-refractivity contribution in [2.75, 3.05) is 11.9 Å². The highest BCUT2D eigenvalue weighted by molar-refractivity contribution is 6.13. The van der Waals surface area contributed by atoms with E-state index < -0.39 is 11.6 Å². The standard InChI is InChI=1S/C23H19F2N3/c1-28(15-16-10-18(24)12-19(25)11-16)21-7-5-17-14-27-23(22(17)13-21)8-6-20-4-2-3-9-26-20/h2-13H,14-15H2,1H3/b8-6+. The highest BCUT2D eigenvalue weighted by atomic mass is 19.1. The molecule has 2 heterocycles. The van der Waals surface area contributed by atoms with Crippen molar-refractivity contribution in [2.24, 2.45) is 4.99 Å². The first kappa shape index (κ1) is 18.0. The van der Waals surface area contributed by atoms with Crippen LogP contribution in [0.15, 0.2) is 71.9 Å². The highest BCUT2D eigenvalue weighted by Gasteiger charge is 2.16. The Morgan fingerprint density at radius 2 is 1.82 bits per heavy atom. The number of anilines is 1. The van der Waals surface area contributed by atoms with Crippen LogP contribution in [0.4, 0.5) is 14.5 Å². The zero-order valence-electron chi connectivity index (χ0n) is 15.4. The fourth-order valence-electron chi connectivity index (χ4n) is 3.28. The van der Waals surface area contributed by atoms with Crippen LogP contribution in [-0.4, -0.2) is 17.7 Å². The molecule has 0 unspecified atom stereocenters. The molecule has 0 saturated carbocycles. The third-order valence-electron chi connectivity index (χ3n) is 4.67. The molecule has 0 spiro atoms. The summed E-state index contributed by atoms with van der Waals surface area (Å²) in [6.07, 6.45) is 5.67. The average Bonchev–Trinajstić information content (AvgIpc) is 3.08. The number of allylic oxidation sites excluding steroid dienone is 1. The summed E-state index contributed by atoms with van der Waals surface area (Å²) in [5, 5.41) is 0. The van der Waals surface area contributed by atoms with Crippen molar-refractivity contribution in [3.05, 3.63) is 101 Å². The van der Waals surface area contributed by atoms with Gasteiger partial charge >= 0.3 is 0 Å². The summed E-state index contributed by atoms with van der Waals surface area (Å²) in [7, 11) is 1.90. The maximum atomic E-state index is 13.4. The number of benzene rings is 2. The summed E-state index contributed by atoms with van der Waals surface area (Å²) in [5.74, 6) is -1.13. The van der Waals surface area contributed by atoms with Crippen molar-refractivity contribution in [1.82, 2.24) is 4.98 Å². The molecular formula is C23H19F2N3. The molecule has 1 aromatic heterocycles. The van der Waals surface area contributed by atoms with Gasteiger partial charge in [0.05, 0.1) is 18.0 Å². The Labute approximate surface area is 162 Å². The van der Waals surface area contributed by atoms with Crippen LogP contribution in [0.2, 0.25) is 0 Å². The van der Waals surface area contributed by atoms with Crippen molar-refractivity contribution in [3.8, 4) is 0 Å². The Morgan fingerprint density at radius 3 is 2.57 bits per heavy atom. The lowest BCUT2D eigenvalue weighted by molar-refractivity contribution is 0.579. The summed E-state index contributed by atoms with van der Waals surface area (Å²) < 4.78 is 26.9. The first-order valence-electron chi connectivity index (χ1n) is 9.01. The van der Waals surface area contributed by atoms with E-state index in [0.717, 1.165) is 34.3 Å². The summed E-state index contributed by atoms with van der Waals surface area (Å²) in [6, 6.07) is 15.5. The molecule has 1 aliphatic heterocycles. The Kier molecular flexibility index (Phi) is 4.98. The van der Waals surface area contributed by atoms with Crippen LogP contribution in [0, 0.1) is 11.6 Å². The topological polar surface area (TPSA) is 28.5 Å². The highest BCUT2D eigenvalue weighted by Crippen LogP contribution is 2.26. The third kappa shape index (κ3) is 3.98. The van der Waals surface area contributed by atoms with E-state index in [1.54, 1.807) is 6.20 Å². The fourth-order valence-corrected chi connectivity index (χ4v) is 3.28. The van der Waals surface area contributed by atoms with E-state index in [2.05, 4.69) is 22.1 Å². The van der Waals surface area contributed by atoms with Crippen LogP contribution in [0.25, 0.3) is 6.08 Å². The van der Waals surface area contributed by atoms with Crippen LogP contribution in [0.1, 0.15) is 22.4 Å². The molecule has 0 fully saturated rings. The predicted octanol–water partition coefficient (Wildman–Crippen LogP) is 5.01. The van der Waals surface area contributed by atoms with E-state index in [1.165, 1.54) is 12.1 Å². The molecule has 2 aromatic carbocycles. The van der Waals surface area contributed by atoms with Gasteiger partial charge in [0.2, 0.25) is 0 Å². The molecule has 3 nitrogen and oxygen atoms in total. The molecule has 1 aliphatic rings. The number of halogens is 2. The Bertz CT molecular complexity index is 1040.